The summed E-state index contributed by atoms with van der Waals surface area (Å²) >= 11 is 0. The second-order valence-electron chi connectivity index (χ2n) is 8.81. The van der Waals surface area contributed by atoms with Crippen molar-refractivity contribution in [3.8, 4) is 0 Å². The van der Waals surface area contributed by atoms with E-state index in [-0.39, 0.29) is 11.3 Å². The van der Waals surface area contributed by atoms with Gasteiger partial charge in [-0.2, -0.15) is 0 Å². The van der Waals surface area contributed by atoms with E-state index in [1.54, 1.807) is 0 Å². The lowest BCUT2D eigenvalue weighted by Crippen LogP contribution is -2.29. The van der Waals surface area contributed by atoms with Gasteiger partial charge in [0.2, 0.25) is 0 Å². The minimum atomic E-state index is -0.733. The Morgan fingerprint density at radius 1 is 0.879 bits per heavy atom. The topological polar surface area (TPSA) is 60.9 Å². The van der Waals surface area contributed by atoms with Gasteiger partial charge in [0.1, 0.15) is 5.76 Å². The van der Waals surface area contributed by atoms with Crippen molar-refractivity contribution in [3.63, 3.8) is 0 Å². The lowest BCUT2D eigenvalue weighted by atomic mass is 9.93. The van der Waals surface area contributed by atoms with Gasteiger partial charge in [0.05, 0.1) is 11.6 Å². The summed E-state index contributed by atoms with van der Waals surface area (Å²) < 4.78 is 0. The van der Waals surface area contributed by atoms with E-state index in [1.807, 2.05) is 106 Å². The van der Waals surface area contributed by atoms with Crippen LogP contribution in [0.1, 0.15) is 33.9 Å². The van der Waals surface area contributed by atoms with Crippen molar-refractivity contribution in [1.29, 1.82) is 0 Å². The molecule has 1 heterocycles. The fraction of sp³-hybridized carbons (Fsp3) is 0.214. The number of aliphatic hydroxyl groups excluding tert-OH is 1. The van der Waals surface area contributed by atoms with Gasteiger partial charge < -0.3 is 10.0 Å². The zero-order chi connectivity index (χ0) is 23.9. The van der Waals surface area contributed by atoms with E-state index in [4.69, 9.17) is 0 Å². The molecule has 0 aliphatic carbocycles. The van der Waals surface area contributed by atoms with Crippen LogP contribution in [0.2, 0.25) is 0 Å². The summed E-state index contributed by atoms with van der Waals surface area (Å²) in [5, 5.41) is 11.4. The summed E-state index contributed by atoms with van der Waals surface area (Å²) in [6.07, 6.45) is 0. The van der Waals surface area contributed by atoms with Crippen molar-refractivity contribution >= 4 is 28.8 Å². The molecule has 3 aromatic carbocycles. The fourth-order valence-electron chi connectivity index (χ4n) is 4.28. The Hall–Kier alpha value is -3.86. The largest absolute Gasteiger partial charge is 0.507 e. The molecule has 3 aromatic rings. The molecule has 0 radical (unpaired) electrons. The van der Waals surface area contributed by atoms with E-state index in [1.165, 1.54) is 4.90 Å². The van der Waals surface area contributed by atoms with Crippen molar-refractivity contribution in [1.82, 2.24) is 0 Å². The number of Topliss-reactive ketones (excluding diaryl/α,β-unsaturated/α-hetero) is 1. The van der Waals surface area contributed by atoms with Crippen LogP contribution in [0.15, 0.2) is 72.3 Å². The molecule has 168 valence electrons. The number of ketones is 1. The summed E-state index contributed by atoms with van der Waals surface area (Å²) in [7, 11) is 3.91. The predicted molar refractivity (Wildman–Crippen MR) is 133 cm³/mol. The zero-order valence-corrected chi connectivity index (χ0v) is 19.6. The third kappa shape index (κ3) is 4.02. The molecule has 1 fully saturated rings. The second kappa shape index (κ2) is 8.58. The van der Waals surface area contributed by atoms with E-state index >= 15 is 0 Å². The van der Waals surface area contributed by atoms with E-state index in [9.17, 15) is 14.7 Å². The molecule has 1 aliphatic rings. The Labute approximate surface area is 194 Å². The van der Waals surface area contributed by atoms with E-state index in [0.29, 0.717) is 11.3 Å². The highest BCUT2D eigenvalue weighted by Crippen LogP contribution is 2.43. The standard InChI is InChI=1S/C28H28N2O3/c1-17-7-6-8-22(15-17)30-25(20-11-13-21(14-12-20)29(4)5)24(27(32)28(30)33)26(31)23-16-18(2)9-10-19(23)3/h6-16,25,31H,1-5H3/b26-24+. The number of rotatable bonds is 4. The van der Waals surface area contributed by atoms with Crippen molar-refractivity contribution in [3.05, 3.63) is 100 Å². The molecule has 0 bridgehead atoms. The number of anilines is 2. The van der Waals surface area contributed by atoms with Gasteiger partial charge in [0.25, 0.3) is 11.7 Å². The second-order valence-corrected chi connectivity index (χ2v) is 8.81. The summed E-state index contributed by atoms with van der Waals surface area (Å²) in [6.45, 7) is 5.75. The van der Waals surface area contributed by atoms with Crippen LogP contribution < -0.4 is 9.80 Å². The lowest BCUT2D eigenvalue weighted by molar-refractivity contribution is -0.132. The van der Waals surface area contributed by atoms with E-state index in [0.717, 1.165) is 27.9 Å². The first-order chi connectivity index (χ1) is 15.7. The third-order valence-electron chi connectivity index (χ3n) is 6.10. The number of aliphatic hydroxyl groups is 1. The minimum absolute atomic E-state index is 0.104. The molecule has 4 rings (SSSR count). The molecule has 1 N–H and O–H groups in total. The molecule has 1 atom stereocenters. The normalized spacial score (nSPS) is 17.5. The average molecular weight is 441 g/mol. The number of carbonyl (C=O) groups is 2. The molecule has 1 saturated heterocycles. The van der Waals surface area contributed by atoms with Crippen molar-refractivity contribution in [2.45, 2.75) is 26.8 Å². The van der Waals surface area contributed by atoms with Crippen LogP contribution in [0.3, 0.4) is 0 Å². The lowest BCUT2D eigenvalue weighted by Gasteiger charge is -2.26. The van der Waals surface area contributed by atoms with Gasteiger partial charge >= 0.3 is 0 Å². The van der Waals surface area contributed by atoms with Crippen LogP contribution in [0.25, 0.3) is 5.76 Å². The smallest absolute Gasteiger partial charge is 0.300 e. The average Bonchev–Trinajstić information content (AvgIpc) is 3.05. The molecule has 1 aliphatic heterocycles. The number of hydrogen-bond donors (Lipinski definition) is 1. The first-order valence-corrected chi connectivity index (χ1v) is 10.9. The zero-order valence-electron chi connectivity index (χ0n) is 19.6. The van der Waals surface area contributed by atoms with E-state index < -0.39 is 17.7 Å². The Bertz CT molecular complexity index is 1270. The number of benzene rings is 3. The molecule has 0 spiro atoms. The molecule has 1 amide bonds. The highest BCUT2D eigenvalue weighted by molar-refractivity contribution is 6.51. The van der Waals surface area contributed by atoms with Crippen LogP contribution in [0.5, 0.6) is 0 Å². The van der Waals surface area contributed by atoms with Crippen molar-refractivity contribution < 1.29 is 14.7 Å². The SMILES string of the molecule is Cc1cccc(N2C(=O)C(=O)/C(=C(/O)c3cc(C)ccc3C)C2c2ccc(N(C)C)cc2)c1. The number of nitrogens with zero attached hydrogens (tertiary/aromatic N) is 2. The maximum atomic E-state index is 13.3. The van der Waals surface area contributed by atoms with Gasteiger partial charge in [0, 0.05) is 31.0 Å². The number of hydrogen-bond acceptors (Lipinski definition) is 4. The summed E-state index contributed by atoms with van der Waals surface area (Å²) in [5.41, 5.74) is 5.82. The van der Waals surface area contributed by atoms with Crippen LogP contribution >= 0.6 is 0 Å². The van der Waals surface area contributed by atoms with Gasteiger partial charge in [-0.25, -0.2) is 0 Å². The summed E-state index contributed by atoms with van der Waals surface area (Å²) in [4.78, 5) is 30.1. The van der Waals surface area contributed by atoms with E-state index in [2.05, 4.69) is 0 Å². The Morgan fingerprint density at radius 2 is 1.55 bits per heavy atom. The summed E-state index contributed by atoms with van der Waals surface area (Å²) in [6, 6.07) is 20.2. The fourth-order valence-corrected chi connectivity index (χ4v) is 4.28. The van der Waals surface area contributed by atoms with Crippen molar-refractivity contribution in [2.24, 2.45) is 0 Å². The monoisotopic (exact) mass is 440 g/mol. The maximum Gasteiger partial charge on any atom is 0.300 e. The molecule has 5 nitrogen and oxygen atoms in total. The Balaban J connectivity index is 1.97. The molecule has 0 aromatic heterocycles. The molecule has 0 saturated carbocycles. The van der Waals surface area contributed by atoms with Gasteiger partial charge in [-0.15, -0.1) is 0 Å². The van der Waals surface area contributed by atoms with Crippen LogP contribution in [0.4, 0.5) is 11.4 Å². The Morgan fingerprint density at radius 3 is 2.18 bits per heavy atom. The summed E-state index contributed by atoms with van der Waals surface area (Å²) in [5.74, 6) is -1.47. The van der Waals surface area contributed by atoms with Crippen LogP contribution in [-0.4, -0.2) is 30.9 Å². The third-order valence-corrected chi connectivity index (χ3v) is 6.10. The molecule has 33 heavy (non-hydrogen) atoms. The van der Waals surface area contributed by atoms with Crippen molar-refractivity contribution in [2.75, 3.05) is 23.9 Å². The number of amides is 1. The molecule has 5 heteroatoms. The first kappa shape index (κ1) is 22.3. The minimum Gasteiger partial charge on any atom is -0.507 e. The number of aryl methyl sites for hydroxylation is 3. The molecular weight excluding hydrogens is 412 g/mol. The predicted octanol–water partition coefficient (Wildman–Crippen LogP) is 5.30. The number of carbonyl (C=O) groups excluding carboxylic acids is 2. The van der Waals surface area contributed by atoms with Crippen LogP contribution in [0, 0.1) is 20.8 Å². The van der Waals surface area contributed by atoms with Gasteiger partial charge in [-0.1, -0.05) is 42.0 Å². The van der Waals surface area contributed by atoms with Gasteiger partial charge in [0.15, 0.2) is 0 Å². The molecule has 1 unspecified atom stereocenters. The van der Waals surface area contributed by atoms with Crippen LogP contribution in [-0.2, 0) is 9.59 Å². The van der Waals surface area contributed by atoms with Gasteiger partial charge in [-0.3, -0.25) is 14.5 Å². The maximum absolute atomic E-state index is 13.3. The highest BCUT2D eigenvalue weighted by Gasteiger charge is 2.47. The first-order valence-electron chi connectivity index (χ1n) is 10.9. The van der Waals surface area contributed by atoms with Gasteiger partial charge in [-0.05, 0) is 67.8 Å². The Kier molecular flexibility index (Phi) is 5.81. The highest BCUT2D eigenvalue weighted by atomic mass is 16.3. The molecular formula is C28H28N2O3. The quantitative estimate of drug-likeness (QED) is 0.340.